The second-order valence-electron chi connectivity index (χ2n) is 6.94. The van der Waals surface area contributed by atoms with E-state index in [0.29, 0.717) is 38.9 Å². The van der Waals surface area contributed by atoms with Crippen LogP contribution in [0.5, 0.6) is 5.75 Å². The number of ether oxygens (including phenoxy) is 2. The zero-order valence-electron chi connectivity index (χ0n) is 17.3. The number of hydrogen-bond acceptors (Lipinski definition) is 6. The lowest BCUT2D eigenvalue weighted by molar-refractivity contribution is -0.123. The molecule has 2 aromatic carbocycles. The van der Waals surface area contributed by atoms with Gasteiger partial charge in [0, 0.05) is 23.0 Å². The minimum absolute atomic E-state index is 0.291. The molecule has 8 nitrogen and oxygen atoms in total. The Labute approximate surface area is 188 Å². The molecule has 4 rings (SSSR count). The Morgan fingerprint density at radius 2 is 2.00 bits per heavy atom. The van der Waals surface area contributed by atoms with Gasteiger partial charge in [-0.3, -0.25) is 9.78 Å². The molecule has 0 spiro atoms. The maximum absolute atomic E-state index is 12.6. The summed E-state index contributed by atoms with van der Waals surface area (Å²) in [6, 6.07) is 13.5. The van der Waals surface area contributed by atoms with Gasteiger partial charge in [-0.05, 0) is 55.5 Å². The molecule has 0 fully saturated rings. The van der Waals surface area contributed by atoms with E-state index in [9.17, 15) is 9.59 Å². The van der Waals surface area contributed by atoms with E-state index in [2.05, 4.69) is 20.3 Å². The van der Waals surface area contributed by atoms with E-state index < -0.39 is 18.0 Å². The molecule has 1 amide bonds. The van der Waals surface area contributed by atoms with Crippen molar-refractivity contribution in [3.05, 3.63) is 71.5 Å². The quantitative estimate of drug-likeness (QED) is 0.420. The first-order valence-electron chi connectivity index (χ1n) is 9.70. The number of aromatic nitrogens is 3. The fourth-order valence-electron chi connectivity index (χ4n) is 3.07. The number of imidazole rings is 1. The fourth-order valence-corrected chi connectivity index (χ4v) is 3.24. The van der Waals surface area contributed by atoms with Crippen LogP contribution in [0.3, 0.4) is 0 Å². The van der Waals surface area contributed by atoms with Crippen LogP contribution in [0, 0.1) is 0 Å². The number of nitrogens with one attached hydrogen (secondary N) is 2. The smallest absolute Gasteiger partial charge is 0.338 e. The van der Waals surface area contributed by atoms with Crippen molar-refractivity contribution in [2.24, 2.45) is 0 Å². The summed E-state index contributed by atoms with van der Waals surface area (Å²) in [5.41, 5.74) is 2.86. The first kappa shape index (κ1) is 21.3. The highest BCUT2D eigenvalue weighted by Gasteiger charge is 2.21. The van der Waals surface area contributed by atoms with Gasteiger partial charge in [0.1, 0.15) is 11.6 Å². The lowest BCUT2D eigenvalue weighted by Crippen LogP contribution is -2.30. The van der Waals surface area contributed by atoms with Crippen LogP contribution in [0.25, 0.3) is 22.4 Å². The van der Waals surface area contributed by atoms with E-state index in [-0.39, 0.29) is 0 Å². The maximum Gasteiger partial charge on any atom is 0.338 e. The molecule has 1 unspecified atom stereocenters. The molecule has 0 aliphatic carbocycles. The summed E-state index contributed by atoms with van der Waals surface area (Å²) in [5, 5.41) is 3.10. The summed E-state index contributed by atoms with van der Waals surface area (Å²) in [6.45, 7) is 1.49. The molecular formula is C23H19ClN4O4. The van der Waals surface area contributed by atoms with Gasteiger partial charge in [0.15, 0.2) is 6.10 Å². The second-order valence-corrected chi connectivity index (χ2v) is 7.38. The molecule has 2 aromatic heterocycles. The van der Waals surface area contributed by atoms with Gasteiger partial charge in [0.2, 0.25) is 0 Å². The number of halogens is 1. The van der Waals surface area contributed by atoms with Crippen LogP contribution in [0.4, 0.5) is 5.69 Å². The molecule has 0 aliphatic rings. The van der Waals surface area contributed by atoms with Gasteiger partial charge in [-0.2, -0.15) is 0 Å². The molecule has 0 aliphatic heterocycles. The lowest BCUT2D eigenvalue weighted by atomic mass is 10.2. The van der Waals surface area contributed by atoms with E-state index in [1.54, 1.807) is 48.8 Å². The molecule has 0 radical (unpaired) electrons. The standard InChI is InChI=1S/C23H19ClN4O4/c1-13(22(29)28-19-11-16(24)6-8-20(19)31-2)32-23(30)14-5-7-17-18(10-14)27-21(26-17)15-4-3-9-25-12-15/h3-13H,1-2H3,(H,26,27)(H,28,29). The van der Waals surface area contributed by atoms with Crippen molar-refractivity contribution in [2.75, 3.05) is 12.4 Å². The maximum atomic E-state index is 12.6. The van der Waals surface area contributed by atoms with Gasteiger partial charge >= 0.3 is 5.97 Å². The predicted octanol–water partition coefficient (Wildman–Crippen LogP) is 4.47. The molecule has 0 saturated carbocycles. The molecular weight excluding hydrogens is 432 g/mol. The van der Waals surface area contributed by atoms with Gasteiger partial charge in [0.25, 0.3) is 5.91 Å². The number of carbonyl (C=O) groups excluding carboxylic acids is 2. The first-order chi connectivity index (χ1) is 15.4. The van der Waals surface area contributed by atoms with Crippen LogP contribution in [0.1, 0.15) is 17.3 Å². The van der Waals surface area contributed by atoms with Crippen molar-refractivity contribution >= 4 is 40.2 Å². The minimum Gasteiger partial charge on any atom is -0.495 e. The van der Waals surface area contributed by atoms with Crippen LogP contribution in [0.15, 0.2) is 60.9 Å². The molecule has 1 atom stereocenters. The molecule has 0 bridgehead atoms. The zero-order valence-corrected chi connectivity index (χ0v) is 18.0. The second kappa shape index (κ2) is 9.07. The van der Waals surface area contributed by atoms with Crippen molar-refractivity contribution in [2.45, 2.75) is 13.0 Å². The Bertz CT molecular complexity index is 1290. The molecule has 9 heteroatoms. The number of hydrogen-bond donors (Lipinski definition) is 2. The van der Waals surface area contributed by atoms with Gasteiger partial charge in [0.05, 0.1) is 29.4 Å². The molecule has 32 heavy (non-hydrogen) atoms. The third kappa shape index (κ3) is 4.55. The number of methoxy groups -OCH3 is 1. The van der Waals surface area contributed by atoms with Crippen LogP contribution in [-0.2, 0) is 9.53 Å². The number of nitrogens with zero attached hydrogens (tertiary/aromatic N) is 2. The van der Waals surface area contributed by atoms with Crippen molar-refractivity contribution in [3.63, 3.8) is 0 Å². The fraction of sp³-hybridized carbons (Fsp3) is 0.130. The Morgan fingerprint density at radius 1 is 1.16 bits per heavy atom. The molecule has 4 aromatic rings. The third-order valence-electron chi connectivity index (χ3n) is 4.72. The Morgan fingerprint density at radius 3 is 2.75 bits per heavy atom. The van der Waals surface area contributed by atoms with E-state index in [1.165, 1.54) is 14.0 Å². The highest BCUT2D eigenvalue weighted by atomic mass is 35.5. The van der Waals surface area contributed by atoms with E-state index in [0.717, 1.165) is 5.56 Å². The molecule has 162 valence electrons. The van der Waals surface area contributed by atoms with Gasteiger partial charge in [-0.15, -0.1) is 0 Å². The predicted molar refractivity (Wildman–Crippen MR) is 121 cm³/mol. The Balaban J connectivity index is 1.47. The number of esters is 1. The summed E-state index contributed by atoms with van der Waals surface area (Å²) >= 11 is 5.99. The lowest BCUT2D eigenvalue weighted by Gasteiger charge is -2.15. The Kier molecular flexibility index (Phi) is 6.04. The van der Waals surface area contributed by atoms with E-state index in [1.807, 2.05) is 12.1 Å². The van der Waals surface area contributed by atoms with Crippen LogP contribution >= 0.6 is 11.6 Å². The number of anilines is 1. The zero-order chi connectivity index (χ0) is 22.7. The third-order valence-corrected chi connectivity index (χ3v) is 4.96. The van der Waals surface area contributed by atoms with Crippen LogP contribution in [-0.4, -0.2) is 40.0 Å². The summed E-state index contributed by atoms with van der Waals surface area (Å²) in [7, 11) is 1.48. The number of H-pyrrole nitrogens is 1. The van der Waals surface area contributed by atoms with E-state index in [4.69, 9.17) is 21.1 Å². The average Bonchev–Trinajstić information content (AvgIpc) is 3.23. The minimum atomic E-state index is -1.05. The summed E-state index contributed by atoms with van der Waals surface area (Å²) < 4.78 is 10.6. The number of pyridine rings is 1. The normalized spacial score (nSPS) is 11.7. The summed E-state index contributed by atoms with van der Waals surface area (Å²) in [4.78, 5) is 36.9. The van der Waals surface area contributed by atoms with Crippen molar-refractivity contribution in [1.29, 1.82) is 0 Å². The largest absolute Gasteiger partial charge is 0.495 e. The van der Waals surface area contributed by atoms with Crippen molar-refractivity contribution < 1.29 is 19.1 Å². The van der Waals surface area contributed by atoms with Crippen molar-refractivity contribution in [1.82, 2.24) is 15.0 Å². The highest BCUT2D eigenvalue weighted by Crippen LogP contribution is 2.28. The monoisotopic (exact) mass is 450 g/mol. The van der Waals surface area contributed by atoms with Crippen molar-refractivity contribution in [3.8, 4) is 17.1 Å². The number of rotatable bonds is 6. The van der Waals surface area contributed by atoms with Crippen LogP contribution in [0.2, 0.25) is 5.02 Å². The molecule has 0 saturated heterocycles. The number of fused-ring (bicyclic) bond motifs is 1. The SMILES string of the molecule is COc1ccc(Cl)cc1NC(=O)C(C)OC(=O)c1ccc2nc(-c3cccnc3)[nH]c2c1. The number of carbonyl (C=O) groups is 2. The summed E-state index contributed by atoms with van der Waals surface area (Å²) in [5.74, 6) is -0.0669. The highest BCUT2D eigenvalue weighted by molar-refractivity contribution is 6.31. The molecule has 2 heterocycles. The topological polar surface area (TPSA) is 106 Å². The number of amides is 1. The van der Waals surface area contributed by atoms with Gasteiger partial charge in [-0.1, -0.05) is 11.6 Å². The van der Waals surface area contributed by atoms with Gasteiger partial charge in [-0.25, -0.2) is 9.78 Å². The van der Waals surface area contributed by atoms with Gasteiger partial charge < -0.3 is 19.8 Å². The number of benzene rings is 2. The molecule has 2 N–H and O–H groups in total. The number of aromatic amines is 1. The average molecular weight is 451 g/mol. The Hall–Kier alpha value is -3.91. The van der Waals surface area contributed by atoms with Crippen LogP contribution < -0.4 is 10.1 Å². The first-order valence-corrected chi connectivity index (χ1v) is 10.1. The summed E-state index contributed by atoms with van der Waals surface area (Å²) in [6.07, 6.45) is 2.33. The van der Waals surface area contributed by atoms with E-state index >= 15 is 0 Å².